The van der Waals surface area contributed by atoms with Crippen LogP contribution >= 0.6 is 11.6 Å². The number of amides is 1. The second kappa shape index (κ2) is 12.1. The van der Waals surface area contributed by atoms with E-state index in [1.165, 1.54) is 0 Å². The average molecular weight is 467 g/mol. The van der Waals surface area contributed by atoms with Crippen LogP contribution in [-0.2, 0) is 6.54 Å². The quantitative estimate of drug-likeness (QED) is 0.153. The Hall–Kier alpha value is -4.04. The van der Waals surface area contributed by atoms with Gasteiger partial charge in [0.05, 0.1) is 5.69 Å². The number of allylic oxidation sites excluding steroid dienone is 2. The standard InChI is InChI=1S/C19H18ClN3O2.C5H9N3/c1-22-19(25)11-2-5-15(6-3-11)23-10-13-8-12-9-14(20)4-7-16(12)17(21)18(13)24;1-3-4-5(6)8-7-2/h2-9,23-24H,10,21H2,1H3,(H,22,25);3-4H,1,6H2,2H3/b;5-4-,8-7?. The molecule has 0 bridgehead atoms. The van der Waals surface area contributed by atoms with Crippen LogP contribution in [0.15, 0.2) is 83.3 Å². The molecule has 3 rings (SSSR count). The number of nitrogens with two attached hydrogens (primary N) is 2. The fourth-order valence-electron chi connectivity index (χ4n) is 2.94. The summed E-state index contributed by atoms with van der Waals surface area (Å²) in [5, 5.41) is 25.3. The minimum absolute atomic E-state index is 0.0595. The molecule has 0 heterocycles. The Labute approximate surface area is 197 Å². The molecule has 0 saturated carbocycles. The number of phenolic OH excluding ortho intramolecular Hbond substituents is 1. The minimum atomic E-state index is -0.136. The van der Waals surface area contributed by atoms with Crippen LogP contribution in [0, 0.1) is 0 Å². The fourth-order valence-corrected chi connectivity index (χ4v) is 3.12. The highest BCUT2D eigenvalue weighted by molar-refractivity contribution is 6.31. The molecule has 1 amide bonds. The molecule has 0 aliphatic carbocycles. The van der Waals surface area contributed by atoms with E-state index in [1.807, 2.05) is 24.3 Å². The van der Waals surface area contributed by atoms with E-state index in [9.17, 15) is 9.90 Å². The molecule has 8 nitrogen and oxygen atoms in total. The molecular weight excluding hydrogens is 440 g/mol. The largest absolute Gasteiger partial charge is 0.505 e. The Balaban J connectivity index is 0.000000414. The van der Waals surface area contributed by atoms with Crippen molar-refractivity contribution in [2.24, 2.45) is 16.0 Å². The Kier molecular flexibility index (Phi) is 9.26. The number of carbonyl (C=O) groups is 1. The van der Waals surface area contributed by atoms with Gasteiger partial charge in [0.2, 0.25) is 0 Å². The molecule has 3 aromatic carbocycles. The van der Waals surface area contributed by atoms with E-state index in [-0.39, 0.29) is 11.7 Å². The lowest BCUT2D eigenvalue weighted by Crippen LogP contribution is -2.17. The number of nitrogen functional groups attached to an aromatic ring is 1. The van der Waals surface area contributed by atoms with Gasteiger partial charge in [-0.25, -0.2) is 0 Å². The number of anilines is 2. The van der Waals surface area contributed by atoms with Crippen LogP contribution in [0.2, 0.25) is 5.02 Å². The number of azo groups is 1. The highest BCUT2D eigenvalue weighted by Gasteiger charge is 2.11. The van der Waals surface area contributed by atoms with Gasteiger partial charge in [-0.2, -0.15) is 5.11 Å². The number of hydrogen-bond acceptors (Lipinski definition) is 7. The van der Waals surface area contributed by atoms with Gasteiger partial charge in [-0.05, 0) is 53.9 Å². The summed E-state index contributed by atoms with van der Waals surface area (Å²) in [7, 11) is 3.15. The number of fused-ring (bicyclic) bond motifs is 1. The van der Waals surface area contributed by atoms with Crippen LogP contribution in [0.3, 0.4) is 0 Å². The second-order valence-electron chi connectivity index (χ2n) is 6.80. The lowest BCUT2D eigenvalue weighted by molar-refractivity contribution is 0.0963. The molecule has 0 radical (unpaired) electrons. The third kappa shape index (κ3) is 6.98. The summed E-state index contributed by atoms with van der Waals surface area (Å²) in [5.74, 6) is 0.301. The third-order valence-electron chi connectivity index (χ3n) is 4.55. The average Bonchev–Trinajstić information content (AvgIpc) is 2.81. The number of nitrogens with zero attached hydrogens (tertiary/aromatic N) is 2. The van der Waals surface area contributed by atoms with Crippen LogP contribution in [0.5, 0.6) is 5.75 Å². The van der Waals surface area contributed by atoms with E-state index in [0.29, 0.717) is 34.2 Å². The zero-order chi connectivity index (χ0) is 24.4. The number of carbonyl (C=O) groups excluding carboxylic acids is 1. The van der Waals surface area contributed by atoms with Crippen molar-refractivity contribution in [3.8, 4) is 5.75 Å². The monoisotopic (exact) mass is 466 g/mol. The Morgan fingerprint density at radius 1 is 1.21 bits per heavy atom. The van der Waals surface area contributed by atoms with Gasteiger partial charge in [0, 0.05) is 47.9 Å². The molecule has 0 spiro atoms. The lowest BCUT2D eigenvalue weighted by Gasteiger charge is -2.13. The summed E-state index contributed by atoms with van der Waals surface area (Å²) in [6.07, 6.45) is 3.14. The summed E-state index contributed by atoms with van der Waals surface area (Å²) in [6, 6.07) is 14.3. The number of halogens is 1. The molecule has 9 heteroatoms. The maximum Gasteiger partial charge on any atom is 0.251 e. The number of rotatable bonds is 6. The fraction of sp³-hybridized carbons (Fsp3) is 0.125. The first kappa shape index (κ1) is 25.2. The van der Waals surface area contributed by atoms with E-state index < -0.39 is 0 Å². The summed E-state index contributed by atoms with van der Waals surface area (Å²) in [5.41, 5.74) is 13.7. The van der Waals surface area contributed by atoms with Gasteiger partial charge in [0.25, 0.3) is 5.91 Å². The predicted octanol–water partition coefficient (Wildman–Crippen LogP) is 4.81. The highest BCUT2D eigenvalue weighted by Crippen LogP contribution is 2.35. The van der Waals surface area contributed by atoms with Crippen molar-refractivity contribution >= 4 is 39.7 Å². The molecule has 0 aliphatic heterocycles. The second-order valence-corrected chi connectivity index (χ2v) is 7.24. The van der Waals surface area contributed by atoms with E-state index in [4.69, 9.17) is 23.1 Å². The Bertz CT molecular complexity index is 1190. The number of aromatic hydroxyl groups is 1. The molecule has 3 aromatic rings. The van der Waals surface area contributed by atoms with Crippen molar-refractivity contribution in [1.82, 2.24) is 5.32 Å². The number of phenols is 1. The van der Waals surface area contributed by atoms with Crippen molar-refractivity contribution in [2.45, 2.75) is 6.54 Å². The van der Waals surface area contributed by atoms with E-state index in [2.05, 4.69) is 27.4 Å². The van der Waals surface area contributed by atoms with Crippen molar-refractivity contribution in [1.29, 1.82) is 0 Å². The van der Waals surface area contributed by atoms with Crippen molar-refractivity contribution in [3.63, 3.8) is 0 Å². The number of hydrogen-bond donors (Lipinski definition) is 5. The Morgan fingerprint density at radius 3 is 2.52 bits per heavy atom. The molecule has 172 valence electrons. The molecule has 7 N–H and O–H groups in total. The van der Waals surface area contributed by atoms with Crippen molar-refractivity contribution in [3.05, 3.63) is 89.2 Å². The number of benzene rings is 3. The SMILES string of the molecule is C=C/C=C(/N)N=NC.CNC(=O)c1ccc(NCc2cc3cc(Cl)ccc3c(N)c2O)cc1. The van der Waals surface area contributed by atoms with Gasteiger partial charge < -0.3 is 27.2 Å². The summed E-state index contributed by atoms with van der Waals surface area (Å²) < 4.78 is 0. The first-order valence-corrected chi connectivity index (χ1v) is 10.3. The van der Waals surface area contributed by atoms with Crippen LogP contribution in [0.4, 0.5) is 11.4 Å². The van der Waals surface area contributed by atoms with Gasteiger partial charge in [-0.1, -0.05) is 30.3 Å². The zero-order valence-corrected chi connectivity index (χ0v) is 19.2. The van der Waals surface area contributed by atoms with Gasteiger partial charge in [-0.15, -0.1) is 5.11 Å². The summed E-state index contributed by atoms with van der Waals surface area (Å²) >= 11 is 6.04. The van der Waals surface area contributed by atoms with Crippen LogP contribution in [0.25, 0.3) is 10.8 Å². The highest BCUT2D eigenvalue weighted by atomic mass is 35.5. The molecular formula is C24H27ClN6O2. The molecule has 0 saturated heterocycles. The van der Waals surface area contributed by atoms with Gasteiger partial charge in [0.1, 0.15) is 11.6 Å². The predicted molar refractivity (Wildman–Crippen MR) is 135 cm³/mol. The topological polar surface area (TPSA) is 138 Å². The third-order valence-corrected chi connectivity index (χ3v) is 4.79. The van der Waals surface area contributed by atoms with Crippen molar-refractivity contribution < 1.29 is 9.90 Å². The van der Waals surface area contributed by atoms with Crippen molar-refractivity contribution in [2.75, 3.05) is 25.1 Å². The lowest BCUT2D eigenvalue weighted by atomic mass is 10.0. The summed E-state index contributed by atoms with van der Waals surface area (Å²) in [6.45, 7) is 3.81. The van der Waals surface area contributed by atoms with Crippen LogP contribution in [0.1, 0.15) is 15.9 Å². The van der Waals surface area contributed by atoms with Gasteiger partial charge in [0.15, 0.2) is 0 Å². The van der Waals surface area contributed by atoms with E-state index in [0.717, 1.165) is 16.5 Å². The van der Waals surface area contributed by atoms with E-state index >= 15 is 0 Å². The van der Waals surface area contributed by atoms with E-state index in [1.54, 1.807) is 50.5 Å². The van der Waals surface area contributed by atoms with Crippen LogP contribution < -0.4 is 22.1 Å². The number of nitrogens with one attached hydrogen (secondary N) is 2. The van der Waals surface area contributed by atoms with Crippen LogP contribution in [-0.4, -0.2) is 25.1 Å². The summed E-state index contributed by atoms with van der Waals surface area (Å²) in [4.78, 5) is 11.5. The first-order chi connectivity index (χ1) is 15.8. The molecule has 0 unspecified atom stereocenters. The maximum atomic E-state index is 11.5. The molecule has 0 aromatic heterocycles. The normalized spacial score (nSPS) is 11.1. The maximum absolute atomic E-state index is 11.5. The minimum Gasteiger partial charge on any atom is -0.505 e. The smallest absolute Gasteiger partial charge is 0.251 e. The molecule has 0 fully saturated rings. The molecule has 0 aliphatic rings. The molecule has 33 heavy (non-hydrogen) atoms. The van der Waals surface area contributed by atoms with Gasteiger partial charge >= 0.3 is 0 Å². The van der Waals surface area contributed by atoms with Gasteiger partial charge in [-0.3, -0.25) is 4.79 Å². The first-order valence-electron chi connectivity index (χ1n) is 9.94. The zero-order valence-electron chi connectivity index (χ0n) is 18.5. The molecule has 0 atom stereocenters. The Morgan fingerprint density at radius 2 is 1.91 bits per heavy atom.